The molecule has 178 valence electrons. The van der Waals surface area contributed by atoms with Crippen LogP contribution in [0.3, 0.4) is 0 Å². The van der Waals surface area contributed by atoms with Gasteiger partial charge in [0.25, 0.3) is 0 Å². The van der Waals surface area contributed by atoms with Crippen molar-refractivity contribution in [2.45, 2.75) is 82.6 Å². The van der Waals surface area contributed by atoms with Crippen LogP contribution in [0.5, 0.6) is 0 Å². The summed E-state index contributed by atoms with van der Waals surface area (Å²) in [5.74, 6) is 1.65. The molecular formula is C30H42N2O. The standard InChI is InChI=1S/C30H42N2O/c33-30(32-22-20-28(21-23-32)31-24-25-12-4-1-5-13-25)19-11-10-18-29(26-14-6-2-7-15-26)27-16-8-3-9-17-27/h2-3,6-9,14-17,25,28-29,31H,1,4-5,10-13,18-24H2. The van der Waals surface area contributed by atoms with E-state index in [-0.39, 0.29) is 0 Å². The summed E-state index contributed by atoms with van der Waals surface area (Å²) in [5.41, 5.74) is 2.75. The molecule has 1 saturated heterocycles. The lowest BCUT2D eigenvalue weighted by Crippen LogP contribution is -2.46. The van der Waals surface area contributed by atoms with Crippen LogP contribution in [-0.2, 0) is 4.79 Å². The molecule has 4 rings (SSSR count). The maximum atomic E-state index is 12.8. The van der Waals surface area contributed by atoms with Crippen molar-refractivity contribution in [2.75, 3.05) is 19.6 Å². The summed E-state index contributed by atoms with van der Waals surface area (Å²) in [6.07, 6.45) is 13.1. The van der Waals surface area contributed by atoms with Gasteiger partial charge in [0.2, 0.25) is 5.91 Å². The Bertz CT molecular complexity index is 768. The van der Waals surface area contributed by atoms with Gasteiger partial charge < -0.3 is 10.2 Å². The maximum absolute atomic E-state index is 12.8. The predicted octanol–water partition coefficient (Wildman–Crippen LogP) is 6.54. The first kappa shape index (κ1) is 24.0. The van der Waals surface area contributed by atoms with Gasteiger partial charge in [-0.25, -0.2) is 0 Å². The molecule has 3 heteroatoms. The number of nitrogens with zero attached hydrogens (tertiary/aromatic N) is 1. The zero-order chi connectivity index (χ0) is 22.7. The molecule has 1 heterocycles. The summed E-state index contributed by atoms with van der Waals surface area (Å²) in [4.78, 5) is 14.9. The van der Waals surface area contributed by atoms with Gasteiger partial charge in [-0.3, -0.25) is 4.79 Å². The minimum atomic E-state index is 0.358. The van der Waals surface area contributed by atoms with Crippen LogP contribution in [0.2, 0.25) is 0 Å². The largest absolute Gasteiger partial charge is 0.343 e. The number of nitrogens with one attached hydrogen (secondary N) is 1. The van der Waals surface area contributed by atoms with Gasteiger partial charge in [0.05, 0.1) is 0 Å². The summed E-state index contributed by atoms with van der Waals surface area (Å²) in [5, 5.41) is 3.81. The number of rotatable bonds is 10. The molecule has 0 aromatic heterocycles. The number of carbonyl (C=O) groups excluding carboxylic acids is 1. The van der Waals surface area contributed by atoms with Crippen molar-refractivity contribution in [2.24, 2.45) is 5.92 Å². The number of carbonyl (C=O) groups is 1. The van der Waals surface area contributed by atoms with Crippen molar-refractivity contribution < 1.29 is 4.79 Å². The van der Waals surface area contributed by atoms with Gasteiger partial charge in [-0.2, -0.15) is 0 Å². The molecule has 0 bridgehead atoms. The van der Waals surface area contributed by atoms with Crippen LogP contribution in [0.25, 0.3) is 0 Å². The molecule has 2 aromatic carbocycles. The highest BCUT2D eigenvalue weighted by Gasteiger charge is 2.23. The van der Waals surface area contributed by atoms with Crippen molar-refractivity contribution in [1.29, 1.82) is 0 Å². The van der Waals surface area contributed by atoms with Crippen LogP contribution in [0.4, 0.5) is 0 Å². The third-order valence-corrected chi connectivity index (χ3v) is 7.80. The Hall–Kier alpha value is -2.13. The minimum Gasteiger partial charge on any atom is -0.343 e. The number of amides is 1. The smallest absolute Gasteiger partial charge is 0.222 e. The summed E-state index contributed by atoms with van der Waals surface area (Å²) in [6.45, 7) is 3.04. The molecule has 1 aliphatic carbocycles. The van der Waals surface area contributed by atoms with Gasteiger partial charge in [0.15, 0.2) is 0 Å². The Labute approximate surface area is 201 Å². The first-order valence-electron chi connectivity index (χ1n) is 13.4. The molecule has 2 aromatic rings. The fraction of sp³-hybridized carbons (Fsp3) is 0.567. The van der Waals surface area contributed by atoms with Crippen LogP contribution >= 0.6 is 0 Å². The number of unbranched alkanes of at least 4 members (excludes halogenated alkanes) is 1. The molecule has 2 aliphatic rings. The van der Waals surface area contributed by atoms with E-state index in [1.54, 1.807) is 0 Å². The highest BCUT2D eigenvalue weighted by Crippen LogP contribution is 2.30. The second-order valence-corrected chi connectivity index (χ2v) is 10.2. The summed E-state index contributed by atoms with van der Waals surface area (Å²) in [6, 6.07) is 22.2. The van der Waals surface area contributed by atoms with Crippen molar-refractivity contribution in [3.8, 4) is 0 Å². The fourth-order valence-corrected chi connectivity index (χ4v) is 5.74. The molecule has 2 fully saturated rings. The number of likely N-dealkylation sites (tertiary alicyclic amines) is 1. The Kier molecular flexibility index (Phi) is 9.41. The van der Waals surface area contributed by atoms with E-state index in [4.69, 9.17) is 0 Å². The third kappa shape index (κ3) is 7.43. The topological polar surface area (TPSA) is 32.3 Å². The van der Waals surface area contributed by atoms with E-state index >= 15 is 0 Å². The van der Waals surface area contributed by atoms with Crippen molar-refractivity contribution in [3.05, 3.63) is 71.8 Å². The number of hydrogen-bond donors (Lipinski definition) is 1. The second kappa shape index (κ2) is 12.9. The van der Waals surface area contributed by atoms with Gasteiger partial charge in [-0.05, 0) is 62.1 Å². The van der Waals surface area contributed by atoms with E-state index in [0.29, 0.717) is 24.3 Å². The zero-order valence-electron chi connectivity index (χ0n) is 20.3. The molecule has 0 atom stereocenters. The lowest BCUT2D eigenvalue weighted by Gasteiger charge is -2.34. The van der Waals surface area contributed by atoms with E-state index < -0.39 is 0 Å². The minimum absolute atomic E-state index is 0.358. The van der Waals surface area contributed by atoms with Gasteiger partial charge in [0, 0.05) is 31.5 Å². The molecule has 1 saturated carbocycles. The Balaban J connectivity index is 1.16. The first-order valence-corrected chi connectivity index (χ1v) is 13.4. The third-order valence-electron chi connectivity index (χ3n) is 7.80. The van der Waals surface area contributed by atoms with Gasteiger partial charge in [-0.15, -0.1) is 0 Å². The average Bonchev–Trinajstić information content (AvgIpc) is 2.89. The molecule has 1 aliphatic heterocycles. The fourth-order valence-electron chi connectivity index (χ4n) is 5.74. The van der Waals surface area contributed by atoms with Gasteiger partial charge in [-0.1, -0.05) is 86.3 Å². The summed E-state index contributed by atoms with van der Waals surface area (Å²) in [7, 11) is 0. The highest BCUT2D eigenvalue weighted by atomic mass is 16.2. The second-order valence-electron chi connectivity index (χ2n) is 10.2. The van der Waals surface area contributed by atoms with Gasteiger partial charge in [0.1, 0.15) is 0 Å². The molecule has 1 N–H and O–H groups in total. The monoisotopic (exact) mass is 446 g/mol. The van der Waals surface area contributed by atoms with Gasteiger partial charge >= 0.3 is 0 Å². The number of piperidine rings is 1. The van der Waals surface area contributed by atoms with Crippen molar-refractivity contribution in [1.82, 2.24) is 10.2 Å². The van der Waals surface area contributed by atoms with E-state index in [9.17, 15) is 4.79 Å². The lowest BCUT2D eigenvalue weighted by atomic mass is 9.87. The van der Waals surface area contributed by atoms with E-state index in [0.717, 1.165) is 51.1 Å². The highest BCUT2D eigenvalue weighted by molar-refractivity contribution is 5.76. The van der Waals surface area contributed by atoms with E-state index in [1.807, 2.05) is 0 Å². The SMILES string of the molecule is O=C(CCCCC(c1ccccc1)c1ccccc1)N1CCC(NCC2CCCCC2)CC1. The molecule has 0 radical (unpaired) electrons. The average molecular weight is 447 g/mol. The molecule has 0 spiro atoms. The lowest BCUT2D eigenvalue weighted by molar-refractivity contribution is -0.132. The van der Waals surface area contributed by atoms with Crippen LogP contribution in [-0.4, -0.2) is 36.5 Å². The predicted molar refractivity (Wildman–Crippen MR) is 137 cm³/mol. The van der Waals surface area contributed by atoms with Crippen LogP contribution in [0.1, 0.15) is 87.7 Å². The first-order chi connectivity index (χ1) is 16.3. The molecule has 33 heavy (non-hydrogen) atoms. The van der Waals surface area contributed by atoms with E-state index in [1.165, 1.54) is 49.8 Å². The van der Waals surface area contributed by atoms with Crippen LogP contribution in [0, 0.1) is 5.92 Å². The van der Waals surface area contributed by atoms with Crippen molar-refractivity contribution >= 4 is 5.91 Å². The zero-order valence-corrected chi connectivity index (χ0v) is 20.3. The number of hydrogen-bond acceptors (Lipinski definition) is 2. The van der Waals surface area contributed by atoms with Crippen LogP contribution in [0.15, 0.2) is 60.7 Å². The quantitative estimate of drug-likeness (QED) is 0.420. The summed E-state index contributed by atoms with van der Waals surface area (Å²) < 4.78 is 0. The normalized spacial score (nSPS) is 18.0. The Morgan fingerprint density at radius 2 is 1.42 bits per heavy atom. The number of benzene rings is 2. The molecule has 0 unspecified atom stereocenters. The van der Waals surface area contributed by atoms with Crippen molar-refractivity contribution in [3.63, 3.8) is 0 Å². The molecule has 3 nitrogen and oxygen atoms in total. The summed E-state index contributed by atoms with van der Waals surface area (Å²) >= 11 is 0. The maximum Gasteiger partial charge on any atom is 0.222 e. The van der Waals surface area contributed by atoms with E-state index in [2.05, 4.69) is 70.9 Å². The molecule has 1 amide bonds. The Morgan fingerprint density at radius 3 is 2.03 bits per heavy atom. The molecular weight excluding hydrogens is 404 g/mol. The Morgan fingerprint density at radius 1 is 0.818 bits per heavy atom. The van der Waals surface area contributed by atoms with Crippen LogP contribution < -0.4 is 5.32 Å².